The molecule has 0 aromatic carbocycles. The summed E-state index contributed by atoms with van der Waals surface area (Å²) in [5.41, 5.74) is 2.49. The molecular weight excluding hydrogens is 256 g/mol. The molecule has 5 nitrogen and oxygen atoms in total. The van der Waals surface area contributed by atoms with Crippen LogP contribution in [-0.2, 0) is 17.6 Å². The maximum absolute atomic E-state index is 11.4. The molecule has 0 saturated heterocycles. The largest absolute Gasteiger partial charge is 0.463 e. The highest BCUT2D eigenvalue weighted by Crippen LogP contribution is 2.27. The van der Waals surface area contributed by atoms with E-state index >= 15 is 0 Å². The van der Waals surface area contributed by atoms with Crippen molar-refractivity contribution in [1.82, 2.24) is 9.55 Å². The molecule has 0 saturated carbocycles. The van der Waals surface area contributed by atoms with E-state index in [9.17, 15) is 4.79 Å². The summed E-state index contributed by atoms with van der Waals surface area (Å²) in [6, 6.07) is 3.51. The van der Waals surface area contributed by atoms with Crippen LogP contribution in [0.15, 0.2) is 22.9 Å². The first kappa shape index (κ1) is 13.0. The number of nitrogens with zero attached hydrogens (tertiary/aromatic N) is 2. The smallest absolute Gasteiger partial charge is 0.373 e. The number of ether oxygens (including phenoxy) is 1. The highest BCUT2D eigenvalue weighted by molar-refractivity contribution is 5.86. The number of furan rings is 1. The molecule has 2 aromatic rings. The van der Waals surface area contributed by atoms with Gasteiger partial charge in [0.2, 0.25) is 5.76 Å². The van der Waals surface area contributed by atoms with E-state index in [0.29, 0.717) is 0 Å². The van der Waals surface area contributed by atoms with Crippen molar-refractivity contribution in [2.45, 2.75) is 38.6 Å². The summed E-state index contributed by atoms with van der Waals surface area (Å²) in [6.07, 6.45) is 6.41. The van der Waals surface area contributed by atoms with Gasteiger partial charge in [-0.1, -0.05) is 0 Å². The SMILES string of the molecule is COC(=O)c1ccc(C(C)n2cnc3c2CCCC3)o1. The van der Waals surface area contributed by atoms with Crippen LogP contribution in [0.5, 0.6) is 0 Å². The summed E-state index contributed by atoms with van der Waals surface area (Å²) in [4.78, 5) is 15.9. The Labute approximate surface area is 117 Å². The van der Waals surface area contributed by atoms with E-state index in [0.717, 1.165) is 18.6 Å². The van der Waals surface area contributed by atoms with E-state index in [4.69, 9.17) is 4.42 Å². The van der Waals surface area contributed by atoms with Gasteiger partial charge in [-0.05, 0) is 44.7 Å². The Morgan fingerprint density at radius 2 is 2.20 bits per heavy atom. The Bertz CT molecular complexity index is 627. The quantitative estimate of drug-likeness (QED) is 0.807. The van der Waals surface area contributed by atoms with E-state index in [1.54, 1.807) is 6.07 Å². The highest BCUT2D eigenvalue weighted by Gasteiger charge is 2.22. The molecule has 1 aliphatic carbocycles. The van der Waals surface area contributed by atoms with Crippen LogP contribution in [0.25, 0.3) is 0 Å². The molecule has 0 aliphatic heterocycles. The third-order valence-electron chi connectivity index (χ3n) is 3.90. The number of imidazole rings is 1. The van der Waals surface area contributed by atoms with E-state index in [2.05, 4.69) is 21.2 Å². The van der Waals surface area contributed by atoms with Crippen LogP contribution in [-0.4, -0.2) is 22.6 Å². The fourth-order valence-electron chi connectivity index (χ4n) is 2.75. The zero-order chi connectivity index (χ0) is 14.1. The average molecular weight is 274 g/mol. The van der Waals surface area contributed by atoms with Gasteiger partial charge in [0, 0.05) is 5.69 Å². The maximum atomic E-state index is 11.4. The van der Waals surface area contributed by atoms with E-state index in [-0.39, 0.29) is 11.8 Å². The molecule has 0 radical (unpaired) electrons. The topological polar surface area (TPSA) is 57.3 Å². The normalized spacial score (nSPS) is 15.7. The lowest BCUT2D eigenvalue weighted by Gasteiger charge is -2.18. The Morgan fingerprint density at radius 1 is 1.40 bits per heavy atom. The molecule has 5 heteroatoms. The fraction of sp³-hybridized carbons (Fsp3) is 0.467. The Balaban J connectivity index is 1.89. The third kappa shape index (κ3) is 2.13. The van der Waals surface area contributed by atoms with E-state index < -0.39 is 5.97 Å². The van der Waals surface area contributed by atoms with Crippen molar-refractivity contribution in [3.63, 3.8) is 0 Å². The molecule has 0 bridgehead atoms. The number of methoxy groups -OCH3 is 1. The summed E-state index contributed by atoms with van der Waals surface area (Å²) in [5, 5.41) is 0. The number of hydrogen-bond acceptors (Lipinski definition) is 4. The number of esters is 1. The summed E-state index contributed by atoms with van der Waals surface area (Å²) < 4.78 is 12.4. The van der Waals surface area contributed by atoms with Crippen LogP contribution in [0.3, 0.4) is 0 Å². The van der Waals surface area contributed by atoms with Gasteiger partial charge in [0.25, 0.3) is 0 Å². The second-order valence-corrected chi connectivity index (χ2v) is 5.12. The summed E-state index contributed by atoms with van der Waals surface area (Å²) >= 11 is 0. The molecule has 2 aromatic heterocycles. The number of aryl methyl sites for hydroxylation is 1. The molecule has 20 heavy (non-hydrogen) atoms. The van der Waals surface area contributed by atoms with Crippen molar-refractivity contribution < 1.29 is 13.9 Å². The minimum absolute atomic E-state index is 0.0303. The predicted octanol–water partition coefficient (Wildman–Crippen LogP) is 2.75. The molecule has 0 amide bonds. The van der Waals surface area contributed by atoms with E-state index in [1.165, 1.54) is 31.3 Å². The number of fused-ring (bicyclic) bond motifs is 1. The van der Waals surface area contributed by atoms with Crippen LogP contribution in [0.1, 0.15) is 53.5 Å². The van der Waals surface area contributed by atoms with Crippen molar-refractivity contribution in [3.8, 4) is 0 Å². The van der Waals surface area contributed by atoms with Crippen molar-refractivity contribution in [2.75, 3.05) is 7.11 Å². The molecule has 106 valence electrons. The summed E-state index contributed by atoms with van der Waals surface area (Å²) in [5.74, 6) is 0.538. The average Bonchev–Trinajstić information content (AvgIpc) is 3.12. The predicted molar refractivity (Wildman–Crippen MR) is 72.7 cm³/mol. The minimum atomic E-state index is -0.448. The summed E-state index contributed by atoms with van der Waals surface area (Å²) in [7, 11) is 1.35. The van der Waals surface area contributed by atoms with Crippen molar-refractivity contribution >= 4 is 5.97 Å². The lowest BCUT2D eigenvalue weighted by Crippen LogP contribution is -2.12. The molecule has 1 aliphatic rings. The number of hydrogen-bond donors (Lipinski definition) is 0. The van der Waals surface area contributed by atoms with Gasteiger partial charge < -0.3 is 13.7 Å². The molecular formula is C15H18N2O3. The maximum Gasteiger partial charge on any atom is 0.373 e. The molecule has 0 spiro atoms. The first-order valence-electron chi connectivity index (χ1n) is 6.93. The van der Waals surface area contributed by atoms with Crippen LogP contribution in [0.4, 0.5) is 0 Å². The van der Waals surface area contributed by atoms with Crippen molar-refractivity contribution in [1.29, 1.82) is 0 Å². The molecule has 2 heterocycles. The van der Waals surface area contributed by atoms with Gasteiger partial charge in [-0.15, -0.1) is 0 Å². The van der Waals surface area contributed by atoms with Crippen molar-refractivity contribution in [3.05, 3.63) is 41.4 Å². The van der Waals surface area contributed by atoms with Crippen molar-refractivity contribution in [2.24, 2.45) is 0 Å². The standard InChI is InChI=1S/C15H18N2O3/c1-10(13-7-8-14(20-13)15(18)19-2)17-9-16-11-5-3-4-6-12(11)17/h7-10H,3-6H2,1-2H3. The van der Waals surface area contributed by atoms with Gasteiger partial charge in [0.1, 0.15) is 5.76 Å². The lowest BCUT2D eigenvalue weighted by molar-refractivity contribution is 0.0562. The van der Waals surface area contributed by atoms with Gasteiger partial charge in [0.15, 0.2) is 0 Å². The van der Waals surface area contributed by atoms with Gasteiger partial charge >= 0.3 is 5.97 Å². The van der Waals surface area contributed by atoms with Crippen LogP contribution in [0.2, 0.25) is 0 Å². The van der Waals surface area contributed by atoms with Crippen LogP contribution >= 0.6 is 0 Å². The Morgan fingerprint density at radius 3 is 3.00 bits per heavy atom. The zero-order valence-corrected chi connectivity index (χ0v) is 11.8. The van der Waals surface area contributed by atoms with Gasteiger partial charge in [0.05, 0.1) is 25.2 Å². The van der Waals surface area contributed by atoms with E-state index in [1.807, 2.05) is 12.4 Å². The van der Waals surface area contributed by atoms with Gasteiger partial charge in [-0.2, -0.15) is 0 Å². The minimum Gasteiger partial charge on any atom is -0.463 e. The fourth-order valence-corrected chi connectivity index (χ4v) is 2.75. The van der Waals surface area contributed by atoms with Crippen LogP contribution < -0.4 is 0 Å². The summed E-state index contributed by atoms with van der Waals surface area (Å²) in [6.45, 7) is 2.05. The van der Waals surface area contributed by atoms with Gasteiger partial charge in [-0.25, -0.2) is 9.78 Å². The Hall–Kier alpha value is -2.04. The first-order valence-corrected chi connectivity index (χ1v) is 6.93. The monoisotopic (exact) mass is 274 g/mol. The third-order valence-corrected chi connectivity index (χ3v) is 3.90. The lowest BCUT2D eigenvalue weighted by atomic mass is 10.0. The highest BCUT2D eigenvalue weighted by atomic mass is 16.5. The molecule has 0 fully saturated rings. The Kier molecular flexibility index (Phi) is 3.34. The number of rotatable bonds is 3. The van der Waals surface area contributed by atoms with Crippen LogP contribution in [0, 0.1) is 0 Å². The number of carbonyl (C=O) groups excluding carboxylic acids is 1. The molecule has 1 atom stereocenters. The molecule has 0 N–H and O–H groups in total. The number of aromatic nitrogens is 2. The number of carbonyl (C=O) groups is 1. The second-order valence-electron chi connectivity index (χ2n) is 5.12. The molecule has 1 unspecified atom stereocenters. The molecule has 3 rings (SSSR count). The zero-order valence-electron chi connectivity index (χ0n) is 11.8. The first-order chi connectivity index (χ1) is 9.70. The van der Waals surface area contributed by atoms with Gasteiger partial charge in [-0.3, -0.25) is 0 Å². The second kappa shape index (κ2) is 5.15.